The number of amides is 1. The summed E-state index contributed by atoms with van der Waals surface area (Å²) in [5, 5.41) is 0. The topological polar surface area (TPSA) is 20.3 Å². The van der Waals surface area contributed by atoms with Crippen molar-refractivity contribution >= 4 is 5.91 Å². The van der Waals surface area contributed by atoms with Crippen molar-refractivity contribution in [2.45, 2.75) is 44.2 Å². The first kappa shape index (κ1) is 12.5. The number of fused-ring (bicyclic) bond motifs is 1. The third kappa shape index (κ3) is 2.01. The molecule has 2 atom stereocenters. The first-order valence-electron chi connectivity index (χ1n) is 6.53. The van der Waals surface area contributed by atoms with E-state index >= 15 is 0 Å². The van der Waals surface area contributed by atoms with Crippen LogP contribution in [-0.2, 0) is 4.79 Å². The highest BCUT2D eigenvalue weighted by molar-refractivity contribution is 5.78. The van der Waals surface area contributed by atoms with Gasteiger partial charge in [-0.25, -0.2) is 13.2 Å². The molecule has 1 amide bonds. The van der Waals surface area contributed by atoms with Crippen LogP contribution in [0.3, 0.4) is 0 Å². The molecule has 102 valence electrons. The van der Waals surface area contributed by atoms with Crippen molar-refractivity contribution in [2.24, 2.45) is 0 Å². The van der Waals surface area contributed by atoms with E-state index in [1.54, 1.807) is 4.90 Å². The Morgan fingerprint density at radius 3 is 2.42 bits per heavy atom. The van der Waals surface area contributed by atoms with E-state index in [1.807, 2.05) is 0 Å². The fraction of sp³-hybridized carbons (Fsp3) is 0.500. The van der Waals surface area contributed by atoms with Gasteiger partial charge < -0.3 is 4.90 Å². The molecular formula is C14H14F3NO. The second-order valence-electron chi connectivity index (χ2n) is 5.24. The third-order valence-corrected chi connectivity index (χ3v) is 4.11. The van der Waals surface area contributed by atoms with Crippen LogP contribution in [0.25, 0.3) is 0 Å². The molecule has 0 radical (unpaired) electrons. The SMILES string of the molecule is O=C1CCCC2CCC(c3cc(F)c(F)c(F)c3)N12. The summed E-state index contributed by atoms with van der Waals surface area (Å²) in [5.74, 6) is -3.81. The lowest BCUT2D eigenvalue weighted by atomic mass is 10.0. The minimum absolute atomic E-state index is 0.0314. The third-order valence-electron chi connectivity index (χ3n) is 4.11. The number of piperidine rings is 1. The minimum atomic E-state index is -1.46. The maximum atomic E-state index is 13.3. The van der Waals surface area contributed by atoms with E-state index in [0.717, 1.165) is 31.4 Å². The number of hydrogen-bond acceptors (Lipinski definition) is 1. The Morgan fingerprint density at radius 2 is 1.74 bits per heavy atom. The maximum Gasteiger partial charge on any atom is 0.223 e. The molecule has 3 rings (SSSR count). The standard InChI is InChI=1S/C14H14F3NO/c15-10-6-8(7-11(16)14(10)17)12-5-4-9-2-1-3-13(19)18(9)12/h6-7,9,12H,1-5H2. The van der Waals surface area contributed by atoms with E-state index < -0.39 is 17.5 Å². The van der Waals surface area contributed by atoms with Gasteiger partial charge in [-0.05, 0) is 43.4 Å². The van der Waals surface area contributed by atoms with Gasteiger partial charge in [0.25, 0.3) is 0 Å². The minimum Gasteiger partial charge on any atom is -0.333 e. The molecule has 2 unspecified atom stereocenters. The van der Waals surface area contributed by atoms with E-state index in [1.165, 1.54) is 0 Å². The van der Waals surface area contributed by atoms with Crippen molar-refractivity contribution in [1.29, 1.82) is 0 Å². The predicted octanol–water partition coefficient (Wildman–Crippen LogP) is 3.32. The lowest BCUT2D eigenvalue weighted by Crippen LogP contribution is -2.40. The average Bonchev–Trinajstić information content (AvgIpc) is 2.80. The maximum absolute atomic E-state index is 13.3. The number of benzene rings is 1. The molecule has 2 heterocycles. The average molecular weight is 269 g/mol. The number of hydrogen-bond donors (Lipinski definition) is 0. The highest BCUT2D eigenvalue weighted by atomic mass is 19.2. The Hall–Kier alpha value is -1.52. The van der Waals surface area contributed by atoms with Crippen LogP contribution in [0.1, 0.15) is 43.7 Å². The van der Waals surface area contributed by atoms with Gasteiger partial charge in [-0.2, -0.15) is 0 Å². The Labute approximate surface area is 109 Å². The van der Waals surface area contributed by atoms with Crippen molar-refractivity contribution in [3.63, 3.8) is 0 Å². The Balaban J connectivity index is 1.96. The fourth-order valence-electron chi connectivity index (χ4n) is 3.26. The second-order valence-corrected chi connectivity index (χ2v) is 5.24. The van der Waals surface area contributed by atoms with Gasteiger partial charge in [0, 0.05) is 12.5 Å². The number of halogens is 3. The molecule has 2 nitrogen and oxygen atoms in total. The molecule has 2 saturated heterocycles. The summed E-state index contributed by atoms with van der Waals surface area (Å²) in [7, 11) is 0. The zero-order valence-electron chi connectivity index (χ0n) is 10.3. The molecule has 2 fully saturated rings. The van der Waals surface area contributed by atoms with Gasteiger partial charge in [0.15, 0.2) is 17.5 Å². The number of rotatable bonds is 1. The van der Waals surface area contributed by atoms with Gasteiger partial charge in [0.05, 0.1) is 6.04 Å². The first-order valence-corrected chi connectivity index (χ1v) is 6.53. The molecule has 19 heavy (non-hydrogen) atoms. The summed E-state index contributed by atoms with van der Waals surface area (Å²) < 4.78 is 39.6. The predicted molar refractivity (Wildman–Crippen MR) is 62.8 cm³/mol. The Bertz CT molecular complexity index is 508. The van der Waals surface area contributed by atoms with Gasteiger partial charge in [-0.3, -0.25) is 4.79 Å². The molecule has 1 aromatic carbocycles. The molecule has 1 aromatic rings. The fourth-order valence-corrected chi connectivity index (χ4v) is 3.26. The molecule has 0 spiro atoms. The highest BCUT2D eigenvalue weighted by Gasteiger charge is 2.39. The molecule has 0 N–H and O–H groups in total. The van der Waals surface area contributed by atoms with Crippen LogP contribution in [-0.4, -0.2) is 16.8 Å². The van der Waals surface area contributed by atoms with Gasteiger partial charge in [-0.15, -0.1) is 0 Å². The van der Waals surface area contributed by atoms with Crippen LogP contribution in [0.2, 0.25) is 0 Å². The monoisotopic (exact) mass is 269 g/mol. The first-order chi connectivity index (χ1) is 9.08. The summed E-state index contributed by atoms with van der Waals surface area (Å²) in [6.07, 6.45) is 3.82. The normalized spacial score (nSPS) is 26.7. The summed E-state index contributed by atoms with van der Waals surface area (Å²) in [6, 6.07) is 1.87. The van der Waals surface area contributed by atoms with Crippen LogP contribution in [0.15, 0.2) is 12.1 Å². The van der Waals surface area contributed by atoms with Crippen molar-refractivity contribution < 1.29 is 18.0 Å². The Kier molecular flexibility index (Phi) is 2.99. The van der Waals surface area contributed by atoms with E-state index in [9.17, 15) is 18.0 Å². The molecule has 0 aromatic heterocycles. The molecule has 0 saturated carbocycles. The zero-order chi connectivity index (χ0) is 13.6. The van der Waals surface area contributed by atoms with E-state index in [-0.39, 0.29) is 18.0 Å². The summed E-state index contributed by atoms with van der Waals surface area (Å²) in [6.45, 7) is 0. The van der Waals surface area contributed by atoms with E-state index in [4.69, 9.17) is 0 Å². The van der Waals surface area contributed by atoms with Gasteiger partial charge in [-0.1, -0.05) is 0 Å². The van der Waals surface area contributed by atoms with Crippen LogP contribution in [0, 0.1) is 17.5 Å². The molecule has 2 aliphatic rings. The summed E-state index contributed by atoms with van der Waals surface area (Å²) in [5.41, 5.74) is 0.356. The molecule has 0 aliphatic carbocycles. The number of nitrogens with zero attached hydrogens (tertiary/aromatic N) is 1. The van der Waals surface area contributed by atoms with Crippen molar-refractivity contribution in [2.75, 3.05) is 0 Å². The van der Waals surface area contributed by atoms with E-state index in [2.05, 4.69) is 0 Å². The lowest BCUT2D eigenvalue weighted by molar-refractivity contribution is -0.136. The van der Waals surface area contributed by atoms with Gasteiger partial charge >= 0.3 is 0 Å². The van der Waals surface area contributed by atoms with Crippen LogP contribution in [0.5, 0.6) is 0 Å². The smallest absolute Gasteiger partial charge is 0.223 e. The highest BCUT2D eigenvalue weighted by Crippen LogP contribution is 2.41. The molecule has 0 bridgehead atoms. The van der Waals surface area contributed by atoms with Gasteiger partial charge in [0.2, 0.25) is 5.91 Å². The molecule has 2 aliphatic heterocycles. The summed E-state index contributed by atoms with van der Waals surface area (Å²) >= 11 is 0. The number of carbonyl (C=O) groups is 1. The second kappa shape index (κ2) is 4.54. The lowest BCUT2D eigenvalue weighted by Gasteiger charge is -2.34. The Morgan fingerprint density at radius 1 is 1.05 bits per heavy atom. The summed E-state index contributed by atoms with van der Waals surface area (Å²) in [4.78, 5) is 13.7. The van der Waals surface area contributed by atoms with Crippen molar-refractivity contribution in [3.05, 3.63) is 35.1 Å². The quantitative estimate of drug-likeness (QED) is 0.716. The largest absolute Gasteiger partial charge is 0.333 e. The zero-order valence-corrected chi connectivity index (χ0v) is 10.3. The van der Waals surface area contributed by atoms with Crippen molar-refractivity contribution in [3.8, 4) is 0 Å². The van der Waals surface area contributed by atoms with Gasteiger partial charge in [0.1, 0.15) is 0 Å². The van der Waals surface area contributed by atoms with Crippen LogP contribution >= 0.6 is 0 Å². The van der Waals surface area contributed by atoms with Crippen molar-refractivity contribution in [1.82, 2.24) is 4.90 Å². The van der Waals surface area contributed by atoms with Crippen LogP contribution < -0.4 is 0 Å². The van der Waals surface area contributed by atoms with Crippen LogP contribution in [0.4, 0.5) is 13.2 Å². The number of carbonyl (C=O) groups excluding carboxylic acids is 1. The molecule has 5 heteroatoms. The molecular weight excluding hydrogens is 255 g/mol. The van der Waals surface area contributed by atoms with E-state index in [0.29, 0.717) is 18.4 Å².